The van der Waals surface area contributed by atoms with Crippen LogP contribution in [0.15, 0.2) is 12.1 Å². The summed E-state index contributed by atoms with van der Waals surface area (Å²) in [7, 11) is 0. The van der Waals surface area contributed by atoms with Crippen molar-refractivity contribution >= 4 is 5.97 Å². The molecular formula is C11H8F2O3. The van der Waals surface area contributed by atoms with Gasteiger partial charge in [-0.3, -0.25) is 0 Å². The SMILES string of the molecule is C#CCCOc1c(F)cc(C(=O)O)cc1F. The van der Waals surface area contributed by atoms with Crippen molar-refractivity contribution in [2.24, 2.45) is 0 Å². The molecule has 0 saturated heterocycles. The molecule has 0 spiro atoms. The third-order valence-electron chi connectivity index (χ3n) is 1.74. The first-order chi connectivity index (χ1) is 7.56. The molecular weight excluding hydrogens is 218 g/mol. The first kappa shape index (κ1) is 12.0. The number of rotatable bonds is 4. The van der Waals surface area contributed by atoms with Crippen molar-refractivity contribution in [1.29, 1.82) is 0 Å². The van der Waals surface area contributed by atoms with Crippen molar-refractivity contribution in [1.82, 2.24) is 0 Å². The summed E-state index contributed by atoms with van der Waals surface area (Å²) in [4.78, 5) is 10.5. The van der Waals surface area contributed by atoms with Gasteiger partial charge in [-0.1, -0.05) is 0 Å². The van der Waals surface area contributed by atoms with Crippen LogP contribution in [0.4, 0.5) is 8.78 Å². The van der Waals surface area contributed by atoms with Gasteiger partial charge in [0.1, 0.15) is 0 Å². The summed E-state index contributed by atoms with van der Waals surface area (Å²) >= 11 is 0. The molecule has 0 heterocycles. The number of carboxylic acid groups (broad SMARTS) is 1. The monoisotopic (exact) mass is 226 g/mol. The zero-order chi connectivity index (χ0) is 12.1. The molecule has 84 valence electrons. The van der Waals surface area contributed by atoms with E-state index in [0.717, 1.165) is 0 Å². The van der Waals surface area contributed by atoms with Gasteiger partial charge in [0.15, 0.2) is 17.4 Å². The van der Waals surface area contributed by atoms with Gasteiger partial charge in [-0.2, -0.15) is 0 Å². The summed E-state index contributed by atoms with van der Waals surface area (Å²) in [6, 6.07) is 1.38. The molecule has 0 aliphatic heterocycles. The molecule has 0 bridgehead atoms. The van der Waals surface area contributed by atoms with Crippen LogP contribution in [0.5, 0.6) is 5.75 Å². The molecule has 0 unspecified atom stereocenters. The van der Waals surface area contributed by atoms with E-state index in [4.69, 9.17) is 16.3 Å². The Morgan fingerprint density at radius 2 is 2.00 bits per heavy atom. The highest BCUT2D eigenvalue weighted by molar-refractivity contribution is 5.87. The Morgan fingerprint density at radius 3 is 2.44 bits per heavy atom. The second kappa shape index (κ2) is 5.12. The number of aromatic carboxylic acids is 1. The fourth-order valence-corrected chi connectivity index (χ4v) is 1.03. The summed E-state index contributed by atoms with van der Waals surface area (Å²) in [5, 5.41) is 8.54. The number of hydrogen-bond acceptors (Lipinski definition) is 2. The third-order valence-corrected chi connectivity index (χ3v) is 1.74. The Balaban J connectivity index is 2.95. The Bertz CT molecular complexity index is 426. The molecule has 0 atom stereocenters. The first-order valence-electron chi connectivity index (χ1n) is 4.35. The molecule has 0 fully saturated rings. The molecule has 0 amide bonds. The average Bonchev–Trinajstić information content (AvgIpc) is 2.21. The fraction of sp³-hybridized carbons (Fsp3) is 0.182. The first-order valence-corrected chi connectivity index (χ1v) is 4.35. The van der Waals surface area contributed by atoms with Crippen LogP contribution in [-0.4, -0.2) is 17.7 Å². The van der Waals surface area contributed by atoms with Crippen LogP contribution in [0.2, 0.25) is 0 Å². The van der Waals surface area contributed by atoms with Gasteiger partial charge >= 0.3 is 5.97 Å². The molecule has 0 radical (unpaired) electrons. The topological polar surface area (TPSA) is 46.5 Å². The summed E-state index contributed by atoms with van der Waals surface area (Å²) in [5.41, 5.74) is -0.473. The Kier molecular flexibility index (Phi) is 3.84. The van der Waals surface area contributed by atoms with E-state index in [1.54, 1.807) is 0 Å². The number of terminal acetylenes is 1. The van der Waals surface area contributed by atoms with Crippen LogP contribution in [0.3, 0.4) is 0 Å². The molecule has 0 aliphatic rings. The molecule has 5 heteroatoms. The molecule has 0 aliphatic carbocycles. The van der Waals surface area contributed by atoms with E-state index >= 15 is 0 Å². The molecule has 1 aromatic rings. The van der Waals surface area contributed by atoms with Gasteiger partial charge in [0.05, 0.1) is 12.2 Å². The lowest BCUT2D eigenvalue weighted by atomic mass is 10.2. The lowest BCUT2D eigenvalue weighted by molar-refractivity contribution is 0.0695. The molecule has 3 nitrogen and oxygen atoms in total. The minimum atomic E-state index is -1.41. The lowest BCUT2D eigenvalue weighted by Crippen LogP contribution is -2.04. The molecule has 16 heavy (non-hydrogen) atoms. The normalized spacial score (nSPS) is 9.56. The van der Waals surface area contributed by atoms with E-state index in [-0.39, 0.29) is 13.0 Å². The largest absolute Gasteiger partial charge is 0.487 e. The van der Waals surface area contributed by atoms with Gasteiger partial charge in [0.25, 0.3) is 0 Å². The Labute approximate surface area is 90.7 Å². The number of hydrogen-bond donors (Lipinski definition) is 1. The third kappa shape index (κ3) is 2.70. The standard InChI is InChI=1S/C11H8F2O3/c1-2-3-4-16-10-8(12)5-7(11(14)15)6-9(10)13/h1,5-6H,3-4H2,(H,14,15). The summed E-state index contributed by atoms with van der Waals surface area (Å²) < 4.78 is 31.2. The lowest BCUT2D eigenvalue weighted by Gasteiger charge is -2.07. The van der Waals surface area contributed by atoms with Crippen molar-refractivity contribution < 1.29 is 23.4 Å². The molecule has 1 aromatic carbocycles. The van der Waals surface area contributed by atoms with Crippen molar-refractivity contribution in [2.45, 2.75) is 6.42 Å². The van der Waals surface area contributed by atoms with Crippen LogP contribution in [0.25, 0.3) is 0 Å². The van der Waals surface area contributed by atoms with Gasteiger partial charge < -0.3 is 9.84 Å². The number of benzene rings is 1. The predicted molar refractivity (Wildman–Crippen MR) is 52.3 cm³/mol. The second-order valence-corrected chi connectivity index (χ2v) is 2.88. The Morgan fingerprint density at radius 1 is 1.44 bits per heavy atom. The summed E-state index contributed by atoms with van der Waals surface area (Å²) in [6.07, 6.45) is 5.15. The van der Waals surface area contributed by atoms with Crippen LogP contribution in [0.1, 0.15) is 16.8 Å². The minimum absolute atomic E-state index is 0.0310. The van der Waals surface area contributed by atoms with E-state index in [9.17, 15) is 13.6 Å². The number of ether oxygens (including phenoxy) is 1. The Hall–Kier alpha value is -2.09. The molecule has 1 rings (SSSR count). The number of carboxylic acids is 1. The summed E-state index contributed by atoms with van der Waals surface area (Å²) in [5.74, 6) is -1.90. The fourth-order valence-electron chi connectivity index (χ4n) is 1.03. The highest BCUT2D eigenvalue weighted by Gasteiger charge is 2.15. The van der Waals surface area contributed by atoms with E-state index in [1.807, 2.05) is 0 Å². The zero-order valence-electron chi connectivity index (χ0n) is 8.17. The summed E-state index contributed by atoms with van der Waals surface area (Å²) in [6.45, 7) is -0.0310. The molecule has 0 saturated carbocycles. The van der Waals surface area contributed by atoms with Gasteiger partial charge in [-0.25, -0.2) is 13.6 Å². The van der Waals surface area contributed by atoms with Crippen LogP contribution < -0.4 is 4.74 Å². The molecule has 1 N–H and O–H groups in total. The van der Waals surface area contributed by atoms with Crippen LogP contribution in [0, 0.1) is 24.0 Å². The maximum absolute atomic E-state index is 13.2. The van der Waals surface area contributed by atoms with E-state index < -0.39 is 28.9 Å². The molecule has 0 aromatic heterocycles. The van der Waals surface area contributed by atoms with Crippen molar-refractivity contribution in [2.75, 3.05) is 6.61 Å². The van der Waals surface area contributed by atoms with Crippen LogP contribution in [-0.2, 0) is 0 Å². The smallest absolute Gasteiger partial charge is 0.335 e. The average molecular weight is 226 g/mol. The van der Waals surface area contributed by atoms with Gasteiger partial charge in [0.2, 0.25) is 0 Å². The highest BCUT2D eigenvalue weighted by Crippen LogP contribution is 2.23. The number of halogens is 2. The zero-order valence-corrected chi connectivity index (χ0v) is 8.17. The van der Waals surface area contributed by atoms with Crippen molar-refractivity contribution in [3.8, 4) is 18.1 Å². The number of carbonyl (C=O) groups is 1. The quantitative estimate of drug-likeness (QED) is 0.631. The van der Waals surface area contributed by atoms with Gasteiger partial charge in [-0.05, 0) is 12.1 Å². The van der Waals surface area contributed by atoms with E-state index in [1.165, 1.54) is 0 Å². The maximum Gasteiger partial charge on any atom is 0.335 e. The predicted octanol–water partition coefficient (Wildman–Crippen LogP) is 2.07. The van der Waals surface area contributed by atoms with Crippen molar-refractivity contribution in [3.63, 3.8) is 0 Å². The second-order valence-electron chi connectivity index (χ2n) is 2.88. The van der Waals surface area contributed by atoms with Crippen molar-refractivity contribution in [3.05, 3.63) is 29.3 Å². The van der Waals surface area contributed by atoms with E-state index in [2.05, 4.69) is 5.92 Å². The van der Waals surface area contributed by atoms with E-state index in [0.29, 0.717) is 12.1 Å². The van der Waals surface area contributed by atoms with Gasteiger partial charge in [-0.15, -0.1) is 12.3 Å². The van der Waals surface area contributed by atoms with Crippen LogP contribution >= 0.6 is 0 Å². The minimum Gasteiger partial charge on any atom is -0.487 e. The van der Waals surface area contributed by atoms with Gasteiger partial charge in [0, 0.05) is 6.42 Å². The maximum atomic E-state index is 13.2. The highest BCUT2D eigenvalue weighted by atomic mass is 19.1.